The van der Waals surface area contributed by atoms with E-state index >= 15 is 0 Å². The Morgan fingerprint density at radius 2 is 0.438 bits per heavy atom. The van der Waals surface area contributed by atoms with Crippen LogP contribution in [0.15, 0.2) is 0 Å². The predicted octanol–water partition coefficient (Wildman–Crippen LogP) is 3.69. The van der Waals surface area contributed by atoms with Gasteiger partial charge in [-0.1, -0.05) is 0 Å². The van der Waals surface area contributed by atoms with E-state index in [2.05, 4.69) is 7.85 Å². The fourth-order valence-electron chi connectivity index (χ4n) is 75.6. The first-order valence-electron chi connectivity index (χ1n) is 31.7. The van der Waals surface area contributed by atoms with E-state index in [0.29, 0.717) is 0 Å². The molecule has 0 aromatic heterocycles. The van der Waals surface area contributed by atoms with Crippen LogP contribution in [0, 0.1) is 326 Å². The lowest BCUT2D eigenvalue weighted by atomic mass is 8.26. The highest BCUT2D eigenvalue weighted by Gasteiger charge is 3.79. The van der Waals surface area contributed by atoms with Crippen LogP contribution in [-0.2, 0) is 0 Å². The predicted molar refractivity (Wildman–Crippen MR) is 195 cm³/mol. The number of hydrogen-bond acceptors (Lipinski definition) is 0. The fraction of sp³-hybridized carbons (Fsp3) is 1.00. The number of hydrogen-bond donors (Lipinski definition) is 0. The van der Waals surface area contributed by atoms with Gasteiger partial charge >= 0.3 is 0 Å². The molecule has 1 heteroatoms. The van der Waals surface area contributed by atoms with Gasteiger partial charge in [0.25, 0.3) is 0 Å². The Bertz CT molecular complexity index is 4440. The van der Waals surface area contributed by atoms with Crippen molar-refractivity contribution in [2.75, 3.05) is 0 Å². The van der Waals surface area contributed by atoms with Crippen LogP contribution in [0.4, 0.5) is 0 Å². The molecule has 0 nitrogen and oxygen atoms in total. The van der Waals surface area contributed by atoms with Gasteiger partial charge in [-0.05, 0) is 357 Å². The van der Waals surface area contributed by atoms with Crippen molar-refractivity contribution in [3.63, 3.8) is 0 Å². The van der Waals surface area contributed by atoms with E-state index < -0.39 is 0 Å². The van der Waals surface area contributed by atoms with Crippen molar-refractivity contribution in [3.8, 4) is 0 Å². The molecular weight excluding hydrogens is 768 g/mol. The highest BCUT2D eigenvalue weighted by Crippen LogP contribution is 3.80. The van der Waals surface area contributed by atoms with Gasteiger partial charge in [0.2, 0.25) is 0 Å². The summed E-state index contributed by atoms with van der Waals surface area (Å²) in [6.45, 7) is 0. The molecule has 0 aromatic carbocycles. The van der Waals surface area contributed by atoms with Gasteiger partial charge in [0.15, 0.2) is 0 Å². The minimum Gasteiger partial charge on any atom is -0.0458 e. The molecule has 48 rings (SSSR count). The highest BCUT2D eigenvalue weighted by atomic mass is 15.8. The van der Waals surface area contributed by atoms with E-state index in [4.69, 9.17) is 0 Å². The zero-order valence-corrected chi connectivity index (χ0v) is 35.1. The van der Waals surface area contributed by atoms with Gasteiger partial charge in [0.05, 0.1) is 0 Å². The molecule has 0 aliphatic heterocycles. The van der Waals surface area contributed by atoms with Gasteiger partial charge in [0, 0.05) is 0 Å². The van der Waals surface area contributed by atoms with Crippen LogP contribution >= 0.6 is 0 Å². The lowest BCUT2D eigenvalue weighted by molar-refractivity contribution is -1.31. The SMILES string of the molecule is BC12C3C4C5CC6C7C8C9C%10CC%11C%12C%13C%14C%15C%16C%17CC%18C%19C%20C%21C%22CC%23C%24C1C1%25C%24%26C%22%23C%21%22C%20%21C%19%20C%18%17C%16%17C%15%16C%14%15C%13%14C%12%13C%10%11C9%10C89C78C65C45C34C21C12C43C85C94C%10%13C%145C%156C%167C%20%17C%218C%22%26C%251C87C62C453. The summed E-state index contributed by atoms with van der Waals surface area (Å²) < 4.78 is 0. The first-order valence-corrected chi connectivity index (χ1v) is 31.7. The Kier molecular flexibility index (Phi) is 0.938. The molecule has 288 valence electrons. The van der Waals surface area contributed by atoms with Crippen molar-refractivity contribution in [1.29, 1.82) is 0 Å². The third-order valence-corrected chi connectivity index (χ3v) is 58.0. The molecule has 52 atom stereocenters. The van der Waals surface area contributed by atoms with Gasteiger partial charge < -0.3 is 0 Å². The van der Waals surface area contributed by atoms with Crippen molar-refractivity contribution < 1.29 is 0 Å². The summed E-state index contributed by atoms with van der Waals surface area (Å²) in [5.74, 6) is 32.3. The zero-order chi connectivity index (χ0) is 35.1. The summed E-state index contributed by atoms with van der Waals surface area (Å²) in [5, 5.41) is 0.945. The molecule has 48 fully saturated rings. The molecule has 35 spiro atoms. The van der Waals surface area contributed by atoms with Gasteiger partial charge in [-0.3, -0.25) is 0 Å². The standard InChI is InChI=1S/C63H33B/c64-32-26-19-11-3-9-15-21-13-5-1-7-17-23-25-24-18-8-2-6-14-22-16-10-4-12-20-27(32)47-40(20)31(10,12)36(16)42(22)34(14)29(6,8)38(18)44(24)45(25)43(23)37(17)28(5,7)33(13)41(21)35(15)30(9,11)39(19)46(26)48(32,47)60-58(46)51(35,39)53(41)49(33,37)55(43)57(45)56(44)50(34,38)54(42)52(36,40)59(47,60)62(54,56)63(57,60)61(53,55)58/h5-27H,1-4,64H2. The minimum absolute atomic E-state index is 0.945. The molecular formula is C63H33B. The topological polar surface area (TPSA) is 0 Å². The summed E-state index contributed by atoms with van der Waals surface area (Å²) >= 11 is 0. The molecule has 0 bridgehead atoms. The maximum absolute atomic E-state index is 3.40. The van der Waals surface area contributed by atoms with Crippen LogP contribution < -0.4 is 0 Å². The lowest BCUT2D eigenvalue weighted by Gasteiger charge is -3.75. The van der Waals surface area contributed by atoms with Crippen molar-refractivity contribution in [2.24, 2.45) is 326 Å². The molecule has 48 saturated carbocycles. The monoisotopic (exact) mass is 800 g/mol. The molecule has 48 aliphatic carbocycles. The summed E-state index contributed by atoms with van der Waals surface area (Å²) in [6, 6.07) is 0. The van der Waals surface area contributed by atoms with Crippen LogP contribution in [-0.4, -0.2) is 7.85 Å². The maximum Gasteiger partial charge on any atom is 0.111 e. The second kappa shape index (κ2) is 2.91. The zero-order valence-electron chi connectivity index (χ0n) is 35.1. The van der Waals surface area contributed by atoms with Crippen molar-refractivity contribution in [2.45, 2.75) is 31.0 Å². The Balaban J connectivity index is 0.780. The largest absolute Gasteiger partial charge is 0.111 e. The van der Waals surface area contributed by atoms with Crippen LogP contribution in [0.5, 0.6) is 0 Å². The number of fused-ring (bicyclic) bond motifs is 20. The molecule has 0 amide bonds. The first kappa shape index (κ1) is 20.7. The van der Waals surface area contributed by atoms with E-state index in [9.17, 15) is 0 Å². The summed E-state index contributed by atoms with van der Waals surface area (Å²) in [6.07, 6.45) is 7.51. The average Bonchev–Trinajstić information content (AvgIpc) is 3.27. The maximum atomic E-state index is 3.40. The third-order valence-electron chi connectivity index (χ3n) is 58.0. The fourth-order valence-corrected chi connectivity index (χ4v) is 75.6. The van der Waals surface area contributed by atoms with Crippen molar-refractivity contribution >= 4 is 7.85 Å². The third kappa shape index (κ3) is 0.391. The molecule has 0 saturated heterocycles. The van der Waals surface area contributed by atoms with Crippen LogP contribution in [0.25, 0.3) is 0 Å². The second-order valence-corrected chi connectivity index (χ2v) is 42.5. The van der Waals surface area contributed by atoms with E-state index in [1.54, 1.807) is 0 Å². The summed E-state index contributed by atoms with van der Waals surface area (Å²) in [4.78, 5) is 0. The van der Waals surface area contributed by atoms with Gasteiger partial charge in [-0.15, -0.1) is 0 Å². The van der Waals surface area contributed by atoms with Crippen molar-refractivity contribution in [1.82, 2.24) is 0 Å². The molecule has 0 heterocycles. The van der Waals surface area contributed by atoms with E-state index in [1.165, 1.54) is 136 Å². The first-order chi connectivity index (χ1) is 31.7. The minimum atomic E-state index is 0.945. The summed E-state index contributed by atoms with van der Waals surface area (Å²) in [5.41, 5.74) is 39.5. The molecule has 48 aliphatic rings. The van der Waals surface area contributed by atoms with E-state index in [1.807, 2.05) is 25.7 Å². The van der Waals surface area contributed by atoms with Crippen LogP contribution in [0.2, 0.25) is 5.31 Å². The molecule has 52 unspecified atom stereocenters. The second-order valence-electron chi connectivity index (χ2n) is 42.5. The summed E-state index contributed by atoms with van der Waals surface area (Å²) in [7, 11) is 3.40. The number of rotatable bonds is 0. The molecule has 0 N–H and O–H groups in total. The quantitative estimate of drug-likeness (QED) is 0.329. The Morgan fingerprint density at radius 1 is 0.203 bits per heavy atom. The average molecular weight is 801 g/mol. The molecule has 0 radical (unpaired) electrons. The normalized spacial score (nSPS) is 148. The lowest BCUT2D eigenvalue weighted by Crippen LogP contribution is -3.75. The Morgan fingerprint density at radius 3 is 0.844 bits per heavy atom. The van der Waals surface area contributed by atoms with Gasteiger partial charge in [0.1, 0.15) is 7.85 Å². The smallest absolute Gasteiger partial charge is 0.0458 e. The molecule has 0 aromatic rings. The Hall–Kier alpha value is 0.0649. The van der Waals surface area contributed by atoms with E-state index in [0.717, 1.165) is 195 Å². The van der Waals surface area contributed by atoms with Gasteiger partial charge in [-0.25, -0.2) is 0 Å². The van der Waals surface area contributed by atoms with E-state index in [-0.39, 0.29) is 0 Å². The van der Waals surface area contributed by atoms with Crippen LogP contribution in [0.1, 0.15) is 25.7 Å². The van der Waals surface area contributed by atoms with Crippen molar-refractivity contribution in [3.05, 3.63) is 0 Å². The van der Waals surface area contributed by atoms with Crippen LogP contribution in [0.3, 0.4) is 0 Å². The highest BCUT2D eigenvalue weighted by molar-refractivity contribution is 6.30. The van der Waals surface area contributed by atoms with Gasteiger partial charge in [-0.2, -0.15) is 0 Å². The Labute approximate surface area is 362 Å². The molecule has 64 heavy (non-hydrogen) atoms.